The topological polar surface area (TPSA) is 37.3 Å². The van der Waals surface area contributed by atoms with Crippen molar-refractivity contribution < 1.29 is 9.90 Å². The second kappa shape index (κ2) is 4.19. The van der Waals surface area contributed by atoms with E-state index in [4.69, 9.17) is 5.11 Å². The van der Waals surface area contributed by atoms with Crippen molar-refractivity contribution in [3.05, 3.63) is 53.6 Å². The molecular formula is C14H12O2. The molecule has 0 fully saturated rings. The Kier molecular flexibility index (Phi) is 2.73. The molecule has 0 radical (unpaired) electrons. The molecule has 0 heterocycles. The maximum absolute atomic E-state index is 10.8. The molecule has 2 aromatic carbocycles. The summed E-state index contributed by atoms with van der Waals surface area (Å²) in [5.41, 5.74) is 1.29. The summed E-state index contributed by atoms with van der Waals surface area (Å²) in [6.07, 6.45) is 1.70. The van der Waals surface area contributed by atoms with E-state index in [-0.39, 0.29) is 0 Å². The number of hydrogen-bond donors (Lipinski definition) is 1. The zero-order valence-corrected chi connectivity index (χ0v) is 8.97. The Balaban J connectivity index is 2.61. The third-order valence-corrected chi connectivity index (χ3v) is 2.53. The van der Waals surface area contributed by atoms with Gasteiger partial charge < -0.3 is 5.11 Å². The van der Waals surface area contributed by atoms with Crippen LogP contribution in [-0.4, -0.2) is 11.1 Å². The van der Waals surface area contributed by atoms with Crippen LogP contribution in [0.4, 0.5) is 0 Å². The fourth-order valence-corrected chi connectivity index (χ4v) is 1.67. The van der Waals surface area contributed by atoms with E-state index in [1.54, 1.807) is 13.0 Å². The van der Waals surface area contributed by atoms with Crippen molar-refractivity contribution >= 4 is 22.8 Å². The third kappa shape index (κ3) is 1.96. The predicted molar refractivity (Wildman–Crippen MR) is 65.2 cm³/mol. The smallest absolute Gasteiger partial charge is 0.331 e. The van der Waals surface area contributed by atoms with Gasteiger partial charge in [0.1, 0.15) is 0 Å². The Labute approximate surface area is 93.8 Å². The lowest BCUT2D eigenvalue weighted by atomic mass is 10.0. The molecule has 0 bridgehead atoms. The van der Waals surface area contributed by atoms with Gasteiger partial charge in [0.05, 0.1) is 0 Å². The van der Waals surface area contributed by atoms with E-state index in [9.17, 15) is 4.79 Å². The minimum atomic E-state index is -0.882. The number of benzene rings is 2. The van der Waals surface area contributed by atoms with E-state index in [1.165, 1.54) is 0 Å². The quantitative estimate of drug-likeness (QED) is 0.775. The zero-order valence-electron chi connectivity index (χ0n) is 8.97. The molecule has 0 aliphatic carbocycles. The van der Waals surface area contributed by atoms with Crippen molar-refractivity contribution in [3.63, 3.8) is 0 Å². The summed E-state index contributed by atoms with van der Waals surface area (Å²) in [5, 5.41) is 11.0. The van der Waals surface area contributed by atoms with Crippen LogP contribution in [0.3, 0.4) is 0 Å². The molecule has 0 unspecified atom stereocenters. The van der Waals surface area contributed by atoms with Crippen molar-refractivity contribution in [2.24, 2.45) is 0 Å². The molecule has 16 heavy (non-hydrogen) atoms. The van der Waals surface area contributed by atoms with Crippen molar-refractivity contribution in [1.29, 1.82) is 0 Å². The van der Waals surface area contributed by atoms with Gasteiger partial charge in [0.15, 0.2) is 0 Å². The first-order valence-corrected chi connectivity index (χ1v) is 5.08. The van der Waals surface area contributed by atoms with Gasteiger partial charge in [0.2, 0.25) is 0 Å². The Morgan fingerprint density at radius 2 is 1.81 bits per heavy atom. The van der Waals surface area contributed by atoms with Gasteiger partial charge in [-0.1, -0.05) is 42.5 Å². The van der Waals surface area contributed by atoms with E-state index < -0.39 is 5.97 Å². The fourth-order valence-electron chi connectivity index (χ4n) is 1.67. The van der Waals surface area contributed by atoms with Gasteiger partial charge in [-0.2, -0.15) is 0 Å². The van der Waals surface area contributed by atoms with Gasteiger partial charge in [-0.05, 0) is 29.3 Å². The highest BCUT2D eigenvalue weighted by Gasteiger charge is 2.02. The van der Waals surface area contributed by atoms with Gasteiger partial charge in [0.25, 0.3) is 0 Å². The Morgan fingerprint density at radius 3 is 2.56 bits per heavy atom. The molecule has 2 rings (SSSR count). The van der Waals surface area contributed by atoms with Gasteiger partial charge in [0, 0.05) is 5.57 Å². The second-order valence-electron chi connectivity index (χ2n) is 3.70. The molecule has 1 N–H and O–H groups in total. The van der Waals surface area contributed by atoms with Crippen LogP contribution in [0, 0.1) is 0 Å². The van der Waals surface area contributed by atoms with Crippen molar-refractivity contribution in [3.8, 4) is 0 Å². The Morgan fingerprint density at radius 1 is 1.12 bits per heavy atom. The van der Waals surface area contributed by atoms with Gasteiger partial charge in [-0.3, -0.25) is 0 Å². The number of aliphatic carboxylic acids is 1. The summed E-state index contributed by atoms with van der Waals surface area (Å²) in [6.45, 7) is 1.60. The largest absolute Gasteiger partial charge is 0.478 e. The lowest BCUT2D eigenvalue weighted by Crippen LogP contribution is -1.95. The number of hydrogen-bond acceptors (Lipinski definition) is 1. The first kappa shape index (κ1) is 10.4. The van der Waals surface area contributed by atoms with Crippen molar-refractivity contribution in [2.75, 3.05) is 0 Å². The number of fused-ring (bicyclic) bond motifs is 1. The molecule has 0 aliphatic heterocycles. The van der Waals surface area contributed by atoms with Crippen LogP contribution < -0.4 is 0 Å². The Hall–Kier alpha value is -2.09. The third-order valence-electron chi connectivity index (χ3n) is 2.53. The number of carboxylic acids is 1. The fraction of sp³-hybridized carbons (Fsp3) is 0.0714. The molecule has 0 atom stereocenters. The SMILES string of the molecule is CC(=Cc1cccc2ccccc12)C(=O)O. The van der Waals surface area contributed by atoms with Gasteiger partial charge in [-0.15, -0.1) is 0 Å². The molecule has 80 valence electrons. The van der Waals surface area contributed by atoms with E-state index in [1.807, 2.05) is 42.5 Å². The number of rotatable bonds is 2. The first-order valence-electron chi connectivity index (χ1n) is 5.08. The average molecular weight is 212 g/mol. The molecule has 0 amide bonds. The molecule has 0 saturated carbocycles. The maximum atomic E-state index is 10.8. The molecule has 0 spiro atoms. The van der Waals surface area contributed by atoms with Crippen LogP contribution in [0.1, 0.15) is 12.5 Å². The Bertz CT molecular complexity index is 562. The monoisotopic (exact) mass is 212 g/mol. The molecule has 2 heteroatoms. The molecule has 2 aromatic rings. The van der Waals surface area contributed by atoms with Crippen LogP contribution in [0.5, 0.6) is 0 Å². The number of carboxylic acid groups (broad SMARTS) is 1. The molecular weight excluding hydrogens is 200 g/mol. The van der Waals surface area contributed by atoms with Gasteiger partial charge >= 0.3 is 5.97 Å². The predicted octanol–water partition coefficient (Wildman–Crippen LogP) is 3.33. The molecule has 2 nitrogen and oxygen atoms in total. The van der Waals surface area contributed by atoms with Crippen molar-refractivity contribution in [2.45, 2.75) is 6.92 Å². The minimum absolute atomic E-state index is 0.344. The zero-order chi connectivity index (χ0) is 11.5. The summed E-state index contributed by atoms with van der Waals surface area (Å²) in [7, 11) is 0. The normalized spacial score (nSPS) is 11.7. The maximum Gasteiger partial charge on any atom is 0.331 e. The van der Waals surface area contributed by atoms with E-state index in [2.05, 4.69) is 0 Å². The summed E-state index contributed by atoms with van der Waals surface area (Å²) in [5.74, 6) is -0.882. The van der Waals surface area contributed by atoms with Crippen LogP contribution in [0.2, 0.25) is 0 Å². The van der Waals surface area contributed by atoms with Crippen molar-refractivity contribution in [1.82, 2.24) is 0 Å². The van der Waals surface area contributed by atoms with Crippen LogP contribution in [0.25, 0.3) is 16.8 Å². The number of carbonyl (C=O) groups is 1. The summed E-state index contributed by atoms with van der Waals surface area (Å²) >= 11 is 0. The highest BCUT2D eigenvalue weighted by molar-refractivity contribution is 5.97. The van der Waals surface area contributed by atoms with Gasteiger partial charge in [-0.25, -0.2) is 4.79 Å². The van der Waals surface area contributed by atoms with Crippen LogP contribution in [0.15, 0.2) is 48.0 Å². The molecule has 0 aliphatic rings. The summed E-state index contributed by atoms with van der Waals surface area (Å²) in [4.78, 5) is 10.8. The lowest BCUT2D eigenvalue weighted by Gasteiger charge is -2.02. The first-order chi connectivity index (χ1) is 7.68. The highest BCUT2D eigenvalue weighted by Crippen LogP contribution is 2.20. The van der Waals surface area contributed by atoms with E-state index in [0.29, 0.717) is 5.57 Å². The second-order valence-corrected chi connectivity index (χ2v) is 3.70. The lowest BCUT2D eigenvalue weighted by molar-refractivity contribution is -0.132. The standard InChI is InChI=1S/C14H12O2/c1-10(14(15)16)9-12-7-4-6-11-5-2-3-8-13(11)12/h2-9H,1H3,(H,15,16). The highest BCUT2D eigenvalue weighted by atomic mass is 16.4. The van der Waals surface area contributed by atoms with E-state index >= 15 is 0 Å². The minimum Gasteiger partial charge on any atom is -0.478 e. The summed E-state index contributed by atoms with van der Waals surface area (Å²) < 4.78 is 0. The van der Waals surface area contributed by atoms with Crippen LogP contribution in [-0.2, 0) is 4.79 Å². The van der Waals surface area contributed by atoms with E-state index in [0.717, 1.165) is 16.3 Å². The average Bonchev–Trinajstić information content (AvgIpc) is 2.29. The molecule has 0 saturated heterocycles. The summed E-state index contributed by atoms with van der Waals surface area (Å²) in [6, 6.07) is 13.8. The molecule has 0 aromatic heterocycles. The van der Waals surface area contributed by atoms with Crippen LogP contribution >= 0.6 is 0 Å².